The molecule has 3 atom stereocenters. The van der Waals surface area contributed by atoms with Crippen LogP contribution in [0.3, 0.4) is 0 Å². The van der Waals surface area contributed by atoms with Gasteiger partial charge in [-0.05, 0) is 26.3 Å². The van der Waals surface area contributed by atoms with Crippen LogP contribution in [0.2, 0.25) is 0 Å². The van der Waals surface area contributed by atoms with Gasteiger partial charge in [-0.2, -0.15) is 0 Å². The smallest absolute Gasteiger partial charge is 0.408 e. The first kappa shape index (κ1) is 17.4. The molecule has 0 aliphatic carbocycles. The molecular formula is C15H22FNO4. The standard InChI is InChI=1S/C15H22FNO4/c1-15(2,3)17(14(20)21)13(11(19)9-18)12(16)10-7-5-4-6-8-10/h4-8,11-13,18-19H,9H2,1-3H3,(H,20,21)/t11?,12-,13+/m0/s1. The molecule has 5 nitrogen and oxygen atoms in total. The van der Waals surface area contributed by atoms with E-state index in [2.05, 4.69) is 0 Å². The van der Waals surface area contributed by atoms with Crippen molar-refractivity contribution in [2.75, 3.05) is 6.61 Å². The van der Waals surface area contributed by atoms with Gasteiger partial charge in [-0.15, -0.1) is 0 Å². The number of nitrogens with zero attached hydrogens (tertiary/aromatic N) is 1. The average molecular weight is 299 g/mol. The van der Waals surface area contributed by atoms with Crippen molar-refractivity contribution in [3.8, 4) is 0 Å². The van der Waals surface area contributed by atoms with E-state index in [9.17, 15) is 19.4 Å². The molecule has 0 spiro atoms. The lowest BCUT2D eigenvalue weighted by Crippen LogP contribution is -2.57. The number of carboxylic acid groups (broad SMARTS) is 1. The lowest BCUT2D eigenvalue weighted by molar-refractivity contribution is -0.0463. The Bertz CT molecular complexity index is 460. The Kier molecular flexibility index (Phi) is 5.69. The van der Waals surface area contributed by atoms with E-state index in [1.807, 2.05) is 0 Å². The maximum atomic E-state index is 14.8. The third-order valence-electron chi connectivity index (χ3n) is 3.23. The van der Waals surface area contributed by atoms with Crippen LogP contribution in [0.1, 0.15) is 32.5 Å². The first-order valence-corrected chi connectivity index (χ1v) is 6.70. The number of rotatable bonds is 5. The Balaban J connectivity index is 3.25. The maximum Gasteiger partial charge on any atom is 0.408 e. The highest BCUT2D eigenvalue weighted by atomic mass is 19.1. The van der Waals surface area contributed by atoms with Crippen molar-refractivity contribution in [3.63, 3.8) is 0 Å². The molecule has 0 radical (unpaired) electrons. The Hall–Kier alpha value is -1.66. The van der Waals surface area contributed by atoms with Gasteiger partial charge in [0.25, 0.3) is 0 Å². The molecule has 0 aromatic heterocycles. The summed E-state index contributed by atoms with van der Waals surface area (Å²) in [7, 11) is 0. The van der Waals surface area contributed by atoms with Crippen molar-refractivity contribution in [2.24, 2.45) is 0 Å². The molecule has 0 saturated heterocycles. The Labute approximate surface area is 123 Å². The van der Waals surface area contributed by atoms with Crippen LogP contribution >= 0.6 is 0 Å². The van der Waals surface area contributed by atoms with Gasteiger partial charge in [0.15, 0.2) is 0 Å². The van der Waals surface area contributed by atoms with Gasteiger partial charge >= 0.3 is 6.09 Å². The summed E-state index contributed by atoms with van der Waals surface area (Å²) < 4.78 is 14.8. The summed E-state index contributed by atoms with van der Waals surface area (Å²) in [6, 6.07) is 6.62. The number of hydrogen-bond donors (Lipinski definition) is 3. The molecule has 1 rings (SSSR count). The van der Waals surface area contributed by atoms with Crippen molar-refractivity contribution in [2.45, 2.75) is 44.6 Å². The number of carbonyl (C=O) groups is 1. The lowest BCUT2D eigenvalue weighted by Gasteiger charge is -2.42. The van der Waals surface area contributed by atoms with Crippen LogP contribution in [-0.2, 0) is 0 Å². The Morgan fingerprint density at radius 2 is 1.81 bits per heavy atom. The van der Waals surface area contributed by atoms with Gasteiger partial charge < -0.3 is 15.3 Å². The first-order chi connectivity index (χ1) is 9.70. The van der Waals surface area contributed by atoms with Crippen molar-refractivity contribution in [1.29, 1.82) is 0 Å². The molecule has 118 valence electrons. The topological polar surface area (TPSA) is 81.0 Å². The van der Waals surface area contributed by atoms with E-state index in [0.29, 0.717) is 0 Å². The summed E-state index contributed by atoms with van der Waals surface area (Å²) in [6.45, 7) is 4.10. The molecule has 0 aliphatic heterocycles. The number of alkyl halides is 1. The second kappa shape index (κ2) is 6.87. The van der Waals surface area contributed by atoms with Crippen LogP contribution in [-0.4, -0.2) is 50.6 Å². The number of hydrogen-bond acceptors (Lipinski definition) is 3. The molecule has 1 unspecified atom stereocenters. The monoisotopic (exact) mass is 299 g/mol. The quantitative estimate of drug-likeness (QED) is 0.778. The fourth-order valence-electron chi connectivity index (χ4n) is 2.30. The van der Waals surface area contributed by atoms with Gasteiger partial charge in [-0.1, -0.05) is 30.3 Å². The molecular weight excluding hydrogens is 277 g/mol. The average Bonchev–Trinajstić information content (AvgIpc) is 2.42. The molecule has 1 aromatic rings. The van der Waals surface area contributed by atoms with E-state index in [-0.39, 0.29) is 5.56 Å². The van der Waals surface area contributed by atoms with Crippen molar-refractivity contribution in [3.05, 3.63) is 35.9 Å². The summed E-state index contributed by atoms with van der Waals surface area (Å²) in [4.78, 5) is 12.4. The van der Waals surface area contributed by atoms with E-state index in [1.54, 1.807) is 39.0 Å². The van der Waals surface area contributed by atoms with Gasteiger partial charge in [0.1, 0.15) is 12.3 Å². The van der Waals surface area contributed by atoms with E-state index < -0.39 is 36.6 Å². The van der Waals surface area contributed by atoms with E-state index in [4.69, 9.17) is 5.11 Å². The zero-order valence-corrected chi connectivity index (χ0v) is 12.4. The minimum absolute atomic E-state index is 0.255. The van der Waals surface area contributed by atoms with Crippen LogP contribution in [0.4, 0.5) is 9.18 Å². The largest absolute Gasteiger partial charge is 0.465 e. The number of amides is 1. The maximum absolute atomic E-state index is 14.8. The molecule has 1 amide bonds. The fraction of sp³-hybridized carbons (Fsp3) is 0.533. The number of benzene rings is 1. The van der Waals surface area contributed by atoms with Gasteiger partial charge in [0, 0.05) is 5.54 Å². The summed E-state index contributed by atoms with van der Waals surface area (Å²) in [6.07, 6.45) is -4.61. The second-order valence-electron chi connectivity index (χ2n) is 5.88. The van der Waals surface area contributed by atoms with Gasteiger partial charge in [-0.25, -0.2) is 9.18 Å². The van der Waals surface area contributed by atoms with Crippen LogP contribution in [0.15, 0.2) is 30.3 Å². The van der Waals surface area contributed by atoms with Crippen molar-refractivity contribution < 1.29 is 24.5 Å². The minimum Gasteiger partial charge on any atom is -0.465 e. The van der Waals surface area contributed by atoms with E-state index in [0.717, 1.165) is 4.90 Å². The molecule has 0 bridgehead atoms. The molecule has 0 aliphatic rings. The Morgan fingerprint density at radius 1 is 1.29 bits per heavy atom. The van der Waals surface area contributed by atoms with E-state index in [1.165, 1.54) is 12.1 Å². The summed E-state index contributed by atoms with van der Waals surface area (Å²) in [5, 5.41) is 28.5. The van der Waals surface area contributed by atoms with Gasteiger partial charge in [-0.3, -0.25) is 4.90 Å². The molecule has 0 fully saturated rings. The summed E-state index contributed by atoms with van der Waals surface area (Å²) in [5.41, 5.74) is -0.670. The van der Waals surface area contributed by atoms with Crippen molar-refractivity contribution >= 4 is 6.09 Å². The van der Waals surface area contributed by atoms with Crippen LogP contribution in [0.25, 0.3) is 0 Å². The number of halogens is 1. The Morgan fingerprint density at radius 3 is 2.19 bits per heavy atom. The zero-order chi connectivity index (χ0) is 16.2. The highest BCUT2D eigenvalue weighted by Crippen LogP contribution is 2.31. The predicted molar refractivity (Wildman–Crippen MR) is 76.8 cm³/mol. The minimum atomic E-state index is -1.75. The zero-order valence-electron chi connectivity index (χ0n) is 12.4. The van der Waals surface area contributed by atoms with E-state index >= 15 is 0 Å². The van der Waals surface area contributed by atoms with Gasteiger partial charge in [0.2, 0.25) is 0 Å². The molecule has 1 aromatic carbocycles. The molecule has 3 N–H and O–H groups in total. The van der Waals surface area contributed by atoms with Crippen molar-refractivity contribution in [1.82, 2.24) is 4.90 Å². The first-order valence-electron chi connectivity index (χ1n) is 6.70. The number of aliphatic hydroxyl groups excluding tert-OH is 2. The highest BCUT2D eigenvalue weighted by molar-refractivity contribution is 5.66. The normalized spacial score (nSPS) is 16.1. The van der Waals surface area contributed by atoms with Crippen LogP contribution in [0, 0.1) is 0 Å². The third kappa shape index (κ3) is 4.15. The summed E-state index contributed by atoms with van der Waals surface area (Å²) in [5.74, 6) is 0. The molecule has 0 saturated carbocycles. The predicted octanol–water partition coefficient (Wildman–Crippen LogP) is 2.20. The SMILES string of the molecule is CC(C)(C)N(C(=O)O)[C@H](C(O)CO)[C@@H](F)c1ccccc1. The molecule has 6 heteroatoms. The second-order valence-corrected chi connectivity index (χ2v) is 5.88. The summed E-state index contributed by atoms with van der Waals surface area (Å²) >= 11 is 0. The fourth-order valence-corrected chi connectivity index (χ4v) is 2.30. The van der Waals surface area contributed by atoms with Gasteiger partial charge in [0.05, 0.1) is 12.6 Å². The molecule has 21 heavy (non-hydrogen) atoms. The lowest BCUT2D eigenvalue weighted by atomic mass is 9.93. The molecule has 0 heterocycles. The third-order valence-corrected chi connectivity index (χ3v) is 3.23. The van der Waals surface area contributed by atoms with Crippen LogP contribution in [0.5, 0.6) is 0 Å². The van der Waals surface area contributed by atoms with Crippen LogP contribution < -0.4 is 0 Å². The highest BCUT2D eigenvalue weighted by Gasteiger charge is 2.42. The number of aliphatic hydroxyl groups is 2.